The molecule has 0 aromatic heterocycles. The van der Waals surface area contributed by atoms with E-state index in [4.69, 9.17) is 11.6 Å². The van der Waals surface area contributed by atoms with Crippen LogP contribution in [0.25, 0.3) is 0 Å². The summed E-state index contributed by atoms with van der Waals surface area (Å²) in [6.45, 7) is 0.577. The fraction of sp³-hybridized carbons (Fsp3) is 0.136. The van der Waals surface area contributed by atoms with Gasteiger partial charge in [0.25, 0.3) is 0 Å². The number of halogens is 2. The van der Waals surface area contributed by atoms with Crippen LogP contribution in [0, 0.1) is 5.82 Å². The van der Waals surface area contributed by atoms with Gasteiger partial charge in [-0.05, 0) is 54.6 Å². The molecule has 0 bridgehead atoms. The molecule has 0 aliphatic heterocycles. The maximum atomic E-state index is 13.1. The number of likely N-dealkylation sites (N-methyl/N-ethyl adjacent to an activating group) is 1. The minimum atomic E-state index is -0.494. The molecule has 0 radical (unpaired) electrons. The normalized spacial score (nSPS) is 12.0. The van der Waals surface area contributed by atoms with Crippen molar-refractivity contribution in [3.63, 3.8) is 0 Å². The van der Waals surface area contributed by atoms with Crippen LogP contribution in [0.5, 0.6) is 0 Å². The third kappa shape index (κ3) is 5.16. The van der Waals surface area contributed by atoms with Gasteiger partial charge >= 0.3 is 0 Å². The molecule has 5 heteroatoms. The van der Waals surface area contributed by atoms with E-state index < -0.39 is 6.04 Å². The van der Waals surface area contributed by atoms with Gasteiger partial charge < -0.3 is 5.32 Å². The van der Waals surface area contributed by atoms with Crippen LogP contribution in [0.3, 0.4) is 0 Å². The molecule has 0 saturated carbocycles. The fourth-order valence-corrected chi connectivity index (χ4v) is 3.08. The Morgan fingerprint density at radius 2 is 1.63 bits per heavy atom. The van der Waals surface area contributed by atoms with Gasteiger partial charge in [0.1, 0.15) is 11.9 Å². The number of hydrogen-bond acceptors (Lipinski definition) is 2. The summed E-state index contributed by atoms with van der Waals surface area (Å²) < 4.78 is 13.1. The number of anilines is 1. The number of carbonyl (C=O) groups excluding carboxylic acids is 1. The lowest BCUT2D eigenvalue weighted by molar-refractivity contribution is -0.121. The predicted molar refractivity (Wildman–Crippen MR) is 107 cm³/mol. The molecule has 0 saturated heterocycles. The zero-order valence-electron chi connectivity index (χ0n) is 14.9. The van der Waals surface area contributed by atoms with Crippen molar-refractivity contribution in [1.82, 2.24) is 4.90 Å². The first-order valence-electron chi connectivity index (χ1n) is 8.59. The molecular formula is C22H20ClFN2O. The lowest BCUT2D eigenvalue weighted by atomic mass is 10.0. The zero-order chi connectivity index (χ0) is 19.2. The molecule has 0 fully saturated rings. The highest BCUT2D eigenvalue weighted by Gasteiger charge is 2.25. The Bertz CT molecular complexity index is 882. The molecule has 0 heterocycles. The lowest BCUT2D eigenvalue weighted by Gasteiger charge is -2.27. The number of hydrogen-bond donors (Lipinski definition) is 1. The van der Waals surface area contributed by atoms with Crippen molar-refractivity contribution < 1.29 is 9.18 Å². The number of amides is 1. The first kappa shape index (κ1) is 19.1. The van der Waals surface area contributed by atoms with E-state index in [0.29, 0.717) is 17.3 Å². The minimum Gasteiger partial charge on any atom is -0.324 e. The molecule has 138 valence electrons. The second-order valence-electron chi connectivity index (χ2n) is 6.35. The molecule has 3 aromatic carbocycles. The number of rotatable bonds is 6. The van der Waals surface area contributed by atoms with E-state index in [9.17, 15) is 9.18 Å². The van der Waals surface area contributed by atoms with E-state index >= 15 is 0 Å². The Morgan fingerprint density at radius 3 is 2.26 bits per heavy atom. The predicted octanol–water partition coefficient (Wildman–Crippen LogP) is 5.29. The molecule has 1 N–H and O–H groups in total. The standard InChI is InChI=1S/C22H20ClFN2O/c1-26(15-16-7-9-18(23)10-8-16)21(17-5-3-2-4-6-17)22(27)25-20-13-11-19(24)12-14-20/h2-14,21H,15H2,1H3,(H,25,27)/t21-/m1/s1. The van der Waals surface area contributed by atoms with Crippen LogP contribution in [0.15, 0.2) is 78.9 Å². The number of carbonyl (C=O) groups is 1. The van der Waals surface area contributed by atoms with E-state index in [-0.39, 0.29) is 11.7 Å². The quantitative estimate of drug-likeness (QED) is 0.628. The largest absolute Gasteiger partial charge is 0.324 e. The smallest absolute Gasteiger partial charge is 0.246 e. The van der Waals surface area contributed by atoms with Crippen molar-refractivity contribution in [2.45, 2.75) is 12.6 Å². The summed E-state index contributed by atoms with van der Waals surface area (Å²) in [5, 5.41) is 3.55. The van der Waals surface area contributed by atoms with Crippen LogP contribution in [0.2, 0.25) is 5.02 Å². The third-order valence-electron chi connectivity index (χ3n) is 4.26. The molecule has 3 nitrogen and oxygen atoms in total. The van der Waals surface area contributed by atoms with Crippen molar-refractivity contribution in [1.29, 1.82) is 0 Å². The second kappa shape index (κ2) is 8.80. The van der Waals surface area contributed by atoms with Gasteiger partial charge in [0.05, 0.1) is 0 Å². The van der Waals surface area contributed by atoms with Gasteiger partial charge in [0.15, 0.2) is 0 Å². The average Bonchev–Trinajstić information content (AvgIpc) is 2.66. The summed E-state index contributed by atoms with van der Waals surface area (Å²) >= 11 is 5.95. The van der Waals surface area contributed by atoms with Crippen LogP contribution >= 0.6 is 11.6 Å². The first-order valence-corrected chi connectivity index (χ1v) is 8.97. The molecule has 3 aromatic rings. The Balaban J connectivity index is 1.82. The summed E-state index contributed by atoms with van der Waals surface area (Å²) in [5.41, 5.74) is 2.49. The van der Waals surface area contributed by atoms with Crippen molar-refractivity contribution in [3.8, 4) is 0 Å². The van der Waals surface area contributed by atoms with Crippen LogP contribution in [-0.2, 0) is 11.3 Å². The molecule has 3 rings (SSSR count). The second-order valence-corrected chi connectivity index (χ2v) is 6.79. The SMILES string of the molecule is CN(Cc1ccc(Cl)cc1)[C@@H](C(=O)Nc1ccc(F)cc1)c1ccccc1. The zero-order valence-corrected chi connectivity index (χ0v) is 15.7. The van der Waals surface area contributed by atoms with Crippen LogP contribution in [-0.4, -0.2) is 17.9 Å². The Morgan fingerprint density at radius 1 is 1.00 bits per heavy atom. The average molecular weight is 383 g/mol. The van der Waals surface area contributed by atoms with Gasteiger partial charge in [-0.15, -0.1) is 0 Å². The van der Waals surface area contributed by atoms with Crippen LogP contribution < -0.4 is 5.32 Å². The van der Waals surface area contributed by atoms with Crippen molar-refractivity contribution in [3.05, 3.63) is 101 Å². The highest BCUT2D eigenvalue weighted by molar-refractivity contribution is 6.30. The number of nitrogens with one attached hydrogen (secondary N) is 1. The van der Waals surface area contributed by atoms with E-state index in [1.165, 1.54) is 12.1 Å². The molecule has 27 heavy (non-hydrogen) atoms. The maximum Gasteiger partial charge on any atom is 0.246 e. The van der Waals surface area contributed by atoms with Gasteiger partial charge in [-0.1, -0.05) is 54.1 Å². The Kier molecular flexibility index (Phi) is 6.22. The van der Waals surface area contributed by atoms with Crippen LogP contribution in [0.1, 0.15) is 17.2 Å². The van der Waals surface area contributed by atoms with Gasteiger partial charge in [-0.3, -0.25) is 9.69 Å². The molecule has 0 unspecified atom stereocenters. The summed E-state index contributed by atoms with van der Waals surface area (Å²) in [7, 11) is 1.90. The Hall–Kier alpha value is -2.69. The summed E-state index contributed by atoms with van der Waals surface area (Å²) in [4.78, 5) is 15.0. The van der Waals surface area contributed by atoms with Gasteiger partial charge in [0.2, 0.25) is 5.91 Å². The highest BCUT2D eigenvalue weighted by atomic mass is 35.5. The molecule has 0 aliphatic rings. The highest BCUT2D eigenvalue weighted by Crippen LogP contribution is 2.24. The molecule has 1 atom stereocenters. The van der Waals surface area contributed by atoms with Crippen molar-refractivity contribution in [2.75, 3.05) is 12.4 Å². The fourth-order valence-electron chi connectivity index (χ4n) is 2.95. The summed E-state index contributed by atoms with van der Waals surface area (Å²) in [6, 6.07) is 22.4. The van der Waals surface area contributed by atoms with Gasteiger partial charge in [-0.2, -0.15) is 0 Å². The number of nitrogens with zero attached hydrogens (tertiary/aromatic N) is 1. The molecule has 0 aliphatic carbocycles. The number of benzene rings is 3. The molecular weight excluding hydrogens is 363 g/mol. The Labute approximate surface area is 163 Å². The third-order valence-corrected chi connectivity index (χ3v) is 4.51. The lowest BCUT2D eigenvalue weighted by Crippen LogP contribution is -2.34. The van der Waals surface area contributed by atoms with Crippen LogP contribution in [0.4, 0.5) is 10.1 Å². The molecule has 0 spiro atoms. The summed E-state index contributed by atoms with van der Waals surface area (Å²) in [6.07, 6.45) is 0. The first-order chi connectivity index (χ1) is 13.0. The topological polar surface area (TPSA) is 32.3 Å². The van der Waals surface area contributed by atoms with Crippen molar-refractivity contribution in [2.24, 2.45) is 0 Å². The summed E-state index contributed by atoms with van der Waals surface area (Å²) in [5.74, 6) is -0.517. The van der Waals surface area contributed by atoms with E-state index in [0.717, 1.165) is 11.1 Å². The maximum absolute atomic E-state index is 13.1. The monoisotopic (exact) mass is 382 g/mol. The molecule has 1 amide bonds. The minimum absolute atomic E-state index is 0.177. The van der Waals surface area contributed by atoms with Gasteiger partial charge in [-0.25, -0.2) is 4.39 Å². The van der Waals surface area contributed by atoms with E-state index in [1.54, 1.807) is 12.1 Å². The van der Waals surface area contributed by atoms with Crippen molar-refractivity contribution >= 4 is 23.2 Å². The van der Waals surface area contributed by atoms with E-state index in [1.807, 2.05) is 66.5 Å². The van der Waals surface area contributed by atoms with Gasteiger partial charge in [0, 0.05) is 17.3 Å². The van der Waals surface area contributed by atoms with E-state index in [2.05, 4.69) is 5.32 Å².